The van der Waals surface area contributed by atoms with Gasteiger partial charge < -0.3 is 9.32 Å². The maximum absolute atomic E-state index is 13.6. The molecule has 3 fully saturated rings. The van der Waals surface area contributed by atoms with Crippen molar-refractivity contribution in [1.29, 1.82) is 0 Å². The van der Waals surface area contributed by atoms with Gasteiger partial charge in [0.15, 0.2) is 12.2 Å². The zero-order valence-corrected chi connectivity index (χ0v) is 17.2. The van der Waals surface area contributed by atoms with Crippen LogP contribution in [0.3, 0.4) is 0 Å². The molecule has 1 aliphatic heterocycles. The second-order valence-corrected chi connectivity index (χ2v) is 8.98. The Bertz CT molecular complexity index is 897. The number of oxazole rings is 1. The van der Waals surface area contributed by atoms with E-state index in [1.54, 1.807) is 23.2 Å². The van der Waals surface area contributed by atoms with Gasteiger partial charge in [0.2, 0.25) is 0 Å². The molecule has 3 aliphatic rings. The molecule has 1 unspecified atom stereocenters. The van der Waals surface area contributed by atoms with E-state index in [0.29, 0.717) is 50.1 Å². The van der Waals surface area contributed by atoms with Crippen molar-refractivity contribution in [2.75, 3.05) is 13.1 Å². The van der Waals surface area contributed by atoms with E-state index in [-0.39, 0.29) is 23.9 Å². The standard InChI is InChI=1S/C23H26F3N3O2/c24-23(25,26)21(16-3-4-16)28-11-9-19(10-12-28)29(18-7-8-18)22(30)17-5-1-15(2-6-17)20-13-27-14-31-20/h1-2,5-6,13-14,16,18-19,21H,3-4,7-12H2. The average Bonchev–Trinajstić information content (AvgIpc) is 3.69. The minimum absolute atomic E-state index is 0.00159. The van der Waals surface area contributed by atoms with Gasteiger partial charge in [-0.2, -0.15) is 13.2 Å². The number of hydrogen-bond donors (Lipinski definition) is 0. The lowest BCUT2D eigenvalue weighted by molar-refractivity contribution is -0.193. The summed E-state index contributed by atoms with van der Waals surface area (Å²) >= 11 is 0. The fraction of sp³-hybridized carbons (Fsp3) is 0.565. The van der Waals surface area contributed by atoms with Crippen LogP contribution in [0.2, 0.25) is 0 Å². The molecule has 0 spiro atoms. The summed E-state index contributed by atoms with van der Waals surface area (Å²) in [6, 6.07) is 6.14. The average molecular weight is 433 g/mol. The summed E-state index contributed by atoms with van der Waals surface area (Å²) in [4.78, 5) is 20.8. The first-order valence-corrected chi connectivity index (χ1v) is 11.0. The monoisotopic (exact) mass is 433 g/mol. The molecule has 0 bridgehead atoms. The van der Waals surface area contributed by atoms with Crippen LogP contribution in [0.25, 0.3) is 11.3 Å². The Kier molecular flexibility index (Phi) is 5.28. The van der Waals surface area contributed by atoms with Crippen molar-refractivity contribution in [3.8, 4) is 11.3 Å². The molecule has 0 N–H and O–H groups in total. The van der Waals surface area contributed by atoms with E-state index in [1.165, 1.54) is 6.39 Å². The van der Waals surface area contributed by atoms with Crippen molar-refractivity contribution in [1.82, 2.24) is 14.8 Å². The number of amides is 1. The lowest BCUT2D eigenvalue weighted by Gasteiger charge is -2.42. The SMILES string of the molecule is O=C(c1ccc(-c2cnco2)cc1)N(C1CC1)C1CCN(C(C2CC2)C(F)(F)F)CC1. The first kappa shape index (κ1) is 20.5. The molecule has 2 heterocycles. The van der Waals surface area contributed by atoms with Gasteiger partial charge in [0.25, 0.3) is 5.91 Å². The number of alkyl halides is 3. The van der Waals surface area contributed by atoms with Gasteiger partial charge in [-0.3, -0.25) is 9.69 Å². The molecule has 166 valence electrons. The second-order valence-electron chi connectivity index (χ2n) is 8.98. The Balaban J connectivity index is 1.27. The number of aromatic nitrogens is 1. The van der Waals surface area contributed by atoms with Gasteiger partial charge in [0.05, 0.1) is 6.20 Å². The summed E-state index contributed by atoms with van der Waals surface area (Å²) in [5.41, 5.74) is 1.45. The van der Waals surface area contributed by atoms with Crippen molar-refractivity contribution < 1.29 is 22.4 Å². The van der Waals surface area contributed by atoms with Gasteiger partial charge in [0.1, 0.15) is 6.04 Å². The first-order valence-electron chi connectivity index (χ1n) is 11.0. The molecule has 1 atom stereocenters. The predicted molar refractivity (Wildman–Crippen MR) is 108 cm³/mol. The van der Waals surface area contributed by atoms with Crippen LogP contribution in [0.5, 0.6) is 0 Å². The molecule has 31 heavy (non-hydrogen) atoms. The molecule has 2 aromatic rings. The van der Waals surface area contributed by atoms with Gasteiger partial charge in [-0.15, -0.1) is 0 Å². The van der Waals surface area contributed by atoms with Gasteiger partial charge in [0, 0.05) is 36.3 Å². The summed E-state index contributed by atoms with van der Waals surface area (Å²) in [6.45, 7) is 0.790. The highest BCUT2D eigenvalue weighted by atomic mass is 19.4. The molecule has 0 radical (unpaired) electrons. The molecular weight excluding hydrogens is 407 g/mol. The highest BCUT2D eigenvalue weighted by Crippen LogP contribution is 2.44. The molecule has 8 heteroatoms. The van der Waals surface area contributed by atoms with Crippen molar-refractivity contribution in [3.63, 3.8) is 0 Å². The molecule has 2 saturated carbocycles. The summed E-state index contributed by atoms with van der Waals surface area (Å²) in [5, 5.41) is 0. The molecule has 5 rings (SSSR count). The topological polar surface area (TPSA) is 49.6 Å². The number of piperidine rings is 1. The summed E-state index contributed by atoms with van der Waals surface area (Å²) in [5.74, 6) is 0.362. The third kappa shape index (κ3) is 4.35. The Hall–Kier alpha value is -2.35. The fourth-order valence-electron chi connectivity index (χ4n) is 4.89. The zero-order valence-electron chi connectivity index (χ0n) is 17.2. The second kappa shape index (κ2) is 7.97. The number of rotatable bonds is 6. The van der Waals surface area contributed by atoms with Crippen LogP contribution < -0.4 is 0 Å². The Labute approximate surface area is 179 Å². The molecule has 5 nitrogen and oxygen atoms in total. The largest absolute Gasteiger partial charge is 0.444 e. The maximum atomic E-state index is 13.6. The molecule has 1 saturated heterocycles. The summed E-state index contributed by atoms with van der Waals surface area (Å²) in [6.07, 6.45) is 3.27. The van der Waals surface area contributed by atoms with Gasteiger partial charge >= 0.3 is 6.18 Å². The quantitative estimate of drug-likeness (QED) is 0.660. The zero-order chi connectivity index (χ0) is 21.6. The normalized spacial score (nSPS) is 21.8. The number of benzene rings is 1. The van der Waals surface area contributed by atoms with Crippen LogP contribution in [0.1, 0.15) is 48.9 Å². The number of likely N-dealkylation sites (tertiary alicyclic amines) is 1. The predicted octanol–water partition coefficient (Wildman–Crippen LogP) is 4.75. The highest BCUT2D eigenvalue weighted by molar-refractivity contribution is 5.95. The first-order chi connectivity index (χ1) is 14.9. The Morgan fingerprint density at radius 2 is 1.68 bits per heavy atom. The van der Waals surface area contributed by atoms with Gasteiger partial charge in [-0.25, -0.2) is 4.98 Å². The van der Waals surface area contributed by atoms with E-state index in [1.807, 2.05) is 17.0 Å². The molecule has 1 aromatic heterocycles. The molecule has 1 amide bonds. The van der Waals surface area contributed by atoms with Crippen LogP contribution in [0.15, 0.2) is 41.3 Å². The lowest BCUT2D eigenvalue weighted by Crippen LogP contribution is -2.54. The molecule has 1 aromatic carbocycles. The van der Waals surface area contributed by atoms with E-state index < -0.39 is 12.2 Å². The van der Waals surface area contributed by atoms with Gasteiger partial charge in [-0.1, -0.05) is 12.1 Å². The van der Waals surface area contributed by atoms with E-state index in [0.717, 1.165) is 18.4 Å². The van der Waals surface area contributed by atoms with E-state index in [4.69, 9.17) is 4.42 Å². The molecular formula is C23H26F3N3O2. The van der Waals surface area contributed by atoms with Crippen molar-refractivity contribution in [2.24, 2.45) is 5.92 Å². The number of halogens is 3. The third-order valence-electron chi connectivity index (χ3n) is 6.71. The minimum Gasteiger partial charge on any atom is -0.444 e. The van der Waals surface area contributed by atoms with E-state index in [2.05, 4.69) is 4.98 Å². The van der Waals surface area contributed by atoms with E-state index >= 15 is 0 Å². The Morgan fingerprint density at radius 1 is 1.03 bits per heavy atom. The summed E-state index contributed by atoms with van der Waals surface area (Å²) < 4.78 is 46.0. The maximum Gasteiger partial charge on any atom is 0.404 e. The third-order valence-corrected chi connectivity index (χ3v) is 6.71. The number of carbonyl (C=O) groups excluding carboxylic acids is 1. The van der Waals surface area contributed by atoms with Crippen molar-refractivity contribution in [3.05, 3.63) is 42.4 Å². The fourth-order valence-corrected chi connectivity index (χ4v) is 4.89. The number of nitrogens with zero attached hydrogens (tertiary/aromatic N) is 3. The van der Waals surface area contributed by atoms with Crippen LogP contribution >= 0.6 is 0 Å². The van der Waals surface area contributed by atoms with Crippen LogP contribution in [0.4, 0.5) is 13.2 Å². The number of hydrogen-bond acceptors (Lipinski definition) is 4. The van der Waals surface area contributed by atoms with E-state index in [9.17, 15) is 18.0 Å². The minimum atomic E-state index is -4.18. The van der Waals surface area contributed by atoms with Crippen molar-refractivity contribution in [2.45, 2.75) is 62.8 Å². The molecule has 2 aliphatic carbocycles. The van der Waals surface area contributed by atoms with Crippen LogP contribution in [-0.4, -0.2) is 58.1 Å². The smallest absolute Gasteiger partial charge is 0.404 e. The highest BCUT2D eigenvalue weighted by Gasteiger charge is 2.52. The van der Waals surface area contributed by atoms with Crippen molar-refractivity contribution >= 4 is 5.91 Å². The van der Waals surface area contributed by atoms with Crippen LogP contribution in [-0.2, 0) is 0 Å². The lowest BCUT2D eigenvalue weighted by atomic mass is 9.98. The summed E-state index contributed by atoms with van der Waals surface area (Å²) in [7, 11) is 0. The van der Waals surface area contributed by atoms with Gasteiger partial charge in [-0.05, 0) is 56.6 Å². The van der Waals surface area contributed by atoms with Crippen LogP contribution in [0, 0.1) is 5.92 Å². The Morgan fingerprint density at radius 3 is 2.19 bits per heavy atom. The number of carbonyl (C=O) groups is 1.